The van der Waals surface area contributed by atoms with Crippen LogP contribution in [-0.2, 0) is 4.74 Å². The highest BCUT2D eigenvalue weighted by atomic mass is 32.1. The average molecular weight is 343 g/mol. The molecule has 1 heterocycles. The maximum atomic E-state index is 12.4. The fourth-order valence-corrected chi connectivity index (χ4v) is 2.67. The Kier molecular flexibility index (Phi) is 4.39. The lowest BCUT2D eigenvalue weighted by Gasteiger charge is -2.11. The van der Waals surface area contributed by atoms with Crippen LogP contribution in [0.3, 0.4) is 0 Å². The number of amides is 1. The first-order chi connectivity index (χ1) is 11.6. The molecule has 122 valence electrons. The number of nitrogens with zero attached hydrogens (tertiary/aromatic N) is 2. The number of hydrogen-bond donors (Lipinski definition) is 1. The molecule has 3 rings (SSSR count). The fourth-order valence-electron chi connectivity index (χ4n) is 2.16. The van der Waals surface area contributed by atoms with Gasteiger partial charge in [0.05, 0.1) is 37.2 Å². The Morgan fingerprint density at radius 1 is 1.00 bits per heavy atom. The number of benzene rings is 2. The standard InChI is InChI=1S/C16H13N3O4S/c1-22-14-8-10(16(21)23-2)4-6-12(14)17-15(20)9-3-5-11-13(7-9)19-24-18-11/h3-8H,1-2H3,(H,17,20). The van der Waals surface area contributed by atoms with E-state index in [9.17, 15) is 9.59 Å². The summed E-state index contributed by atoms with van der Waals surface area (Å²) in [7, 11) is 2.76. The molecule has 24 heavy (non-hydrogen) atoms. The third-order valence-electron chi connectivity index (χ3n) is 3.39. The molecule has 1 amide bonds. The molecule has 2 aromatic carbocycles. The molecule has 0 atom stereocenters. The molecule has 8 heteroatoms. The number of aromatic nitrogens is 2. The van der Waals surface area contributed by atoms with Crippen LogP contribution in [0, 0.1) is 0 Å². The van der Waals surface area contributed by atoms with Crippen molar-refractivity contribution in [2.75, 3.05) is 19.5 Å². The minimum Gasteiger partial charge on any atom is -0.495 e. The SMILES string of the molecule is COC(=O)c1ccc(NC(=O)c2ccc3nsnc3c2)c(OC)c1. The van der Waals surface area contributed by atoms with Crippen molar-refractivity contribution in [2.45, 2.75) is 0 Å². The number of fused-ring (bicyclic) bond motifs is 1. The maximum absolute atomic E-state index is 12.4. The zero-order valence-electron chi connectivity index (χ0n) is 12.9. The predicted molar refractivity (Wildman–Crippen MR) is 89.7 cm³/mol. The Labute approximate surface area is 141 Å². The average Bonchev–Trinajstić information content (AvgIpc) is 3.08. The first-order valence-corrected chi connectivity index (χ1v) is 7.65. The van der Waals surface area contributed by atoms with E-state index in [4.69, 9.17) is 4.74 Å². The number of methoxy groups -OCH3 is 2. The van der Waals surface area contributed by atoms with Crippen LogP contribution in [0.4, 0.5) is 5.69 Å². The molecule has 0 spiro atoms. The van der Waals surface area contributed by atoms with Crippen LogP contribution in [-0.4, -0.2) is 34.8 Å². The van der Waals surface area contributed by atoms with Gasteiger partial charge in [0, 0.05) is 5.56 Å². The van der Waals surface area contributed by atoms with Gasteiger partial charge in [-0.3, -0.25) is 4.79 Å². The van der Waals surface area contributed by atoms with Gasteiger partial charge in [-0.05, 0) is 36.4 Å². The number of anilines is 1. The summed E-state index contributed by atoms with van der Waals surface area (Å²) in [4.78, 5) is 24.0. The van der Waals surface area contributed by atoms with Crippen molar-refractivity contribution < 1.29 is 19.1 Å². The number of rotatable bonds is 4. The Morgan fingerprint density at radius 2 is 1.75 bits per heavy atom. The normalized spacial score (nSPS) is 10.4. The Hall–Kier alpha value is -3.00. The molecule has 0 aliphatic carbocycles. The smallest absolute Gasteiger partial charge is 0.337 e. The molecule has 1 aromatic heterocycles. The van der Waals surface area contributed by atoms with Gasteiger partial charge in [0.1, 0.15) is 16.8 Å². The third-order valence-corrected chi connectivity index (χ3v) is 3.94. The molecule has 7 nitrogen and oxygen atoms in total. The molecular weight excluding hydrogens is 330 g/mol. The van der Waals surface area contributed by atoms with Crippen LogP contribution in [0.2, 0.25) is 0 Å². The second kappa shape index (κ2) is 6.63. The highest BCUT2D eigenvalue weighted by Crippen LogP contribution is 2.26. The van der Waals surface area contributed by atoms with Gasteiger partial charge in [0.15, 0.2) is 0 Å². The Bertz CT molecular complexity index is 923. The number of esters is 1. The molecule has 1 N–H and O–H groups in total. The van der Waals surface area contributed by atoms with Gasteiger partial charge < -0.3 is 14.8 Å². The van der Waals surface area contributed by atoms with Crippen LogP contribution in [0.1, 0.15) is 20.7 Å². The zero-order valence-corrected chi connectivity index (χ0v) is 13.7. The van der Waals surface area contributed by atoms with Gasteiger partial charge in [-0.1, -0.05) is 0 Å². The van der Waals surface area contributed by atoms with Crippen LogP contribution in [0.5, 0.6) is 5.75 Å². The zero-order chi connectivity index (χ0) is 17.1. The van der Waals surface area contributed by atoms with Gasteiger partial charge >= 0.3 is 5.97 Å². The van der Waals surface area contributed by atoms with Gasteiger partial charge in [-0.15, -0.1) is 0 Å². The van der Waals surface area contributed by atoms with Crippen molar-refractivity contribution >= 4 is 40.3 Å². The summed E-state index contributed by atoms with van der Waals surface area (Å²) >= 11 is 1.09. The van der Waals surface area contributed by atoms with E-state index >= 15 is 0 Å². The molecule has 0 fully saturated rings. The lowest BCUT2D eigenvalue weighted by Crippen LogP contribution is -2.13. The quantitative estimate of drug-likeness (QED) is 0.733. The van der Waals surface area contributed by atoms with E-state index in [2.05, 4.69) is 18.8 Å². The van der Waals surface area contributed by atoms with E-state index in [-0.39, 0.29) is 5.91 Å². The Balaban J connectivity index is 1.86. The summed E-state index contributed by atoms with van der Waals surface area (Å²) in [6.07, 6.45) is 0. The summed E-state index contributed by atoms with van der Waals surface area (Å²) in [5.74, 6) is -0.427. The number of hydrogen-bond acceptors (Lipinski definition) is 7. The largest absolute Gasteiger partial charge is 0.495 e. The highest BCUT2D eigenvalue weighted by molar-refractivity contribution is 7.00. The first-order valence-electron chi connectivity index (χ1n) is 6.92. The molecule has 0 radical (unpaired) electrons. The molecule has 0 bridgehead atoms. The van der Waals surface area contributed by atoms with Crippen LogP contribution in [0.25, 0.3) is 11.0 Å². The van der Waals surface area contributed by atoms with Gasteiger partial charge in [-0.25, -0.2) is 4.79 Å². The fraction of sp³-hybridized carbons (Fsp3) is 0.125. The van der Waals surface area contributed by atoms with E-state index in [1.807, 2.05) is 0 Å². The van der Waals surface area contributed by atoms with Crippen molar-refractivity contribution in [1.82, 2.24) is 8.75 Å². The van der Waals surface area contributed by atoms with Gasteiger partial charge in [0.25, 0.3) is 5.91 Å². The lowest BCUT2D eigenvalue weighted by molar-refractivity contribution is 0.0600. The monoisotopic (exact) mass is 343 g/mol. The molecule has 0 aliphatic heterocycles. The highest BCUT2D eigenvalue weighted by Gasteiger charge is 2.14. The lowest BCUT2D eigenvalue weighted by atomic mass is 10.1. The minimum atomic E-state index is -0.479. The minimum absolute atomic E-state index is 0.311. The number of ether oxygens (including phenoxy) is 2. The van der Waals surface area contributed by atoms with E-state index in [1.165, 1.54) is 20.3 Å². The molecule has 0 unspecified atom stereocenters. The molecule has 0 saturated carbocycles. The van der Waals surface area contributed by atoms with Gasteiger partial charge in [0.2, 0.25) is 0 Å². The van der Waals surface area contributed by atoms with Crippen molar-refractivity contribution in [3.8, 4) is 5.75 Å². The number of carbonyl (C=O) groups excluding carboxylic acids is 2. The van der Waals surface area contributed by atoms with Gasteiger partial charge in [-0.2, -0.15) is 8.75 Å². The second-order valence-corrected chi connectivity index (χ2v) is 5.36. The van der Waals surface area contributed by atoms with Crippen molar-refractivity contribution in [3.05, 3.63) is 47.5 Å². The Morgan fingerprint density at radius 3 is 2.50 bits per heavy atom. The summed E-state index contributed by atoms with van der Waals surface area (Å²) in [6.45, 7) is 0. The third kappa shape index (κ3) is 3.04. The summed E-state index contributed by atoms with van der Waals surface area (Å²) in [5, 5.41) is 2.76. The maximum Gasteiger partial charge on any atom is 0.337 e. The molecular formula is C16H13N3O4S. The summed E-state index contributed by atoms with van der Waals surface area (Å²) in [6, 6.07) is 9.74. The topological polar surface area (TPSA) is 90.4 Å². The summed E-state index contributed by atoms with van der Waals surface area (Å²) < 4.78 is 18.1. The van der Waals surface area contributed by atoms with Crippen LogP contribution < -0.4 is 10.1 Å². The predicted octanol–water partition coefficient (Wildman–Crippen LogP) is 2.74. The first kappa shape index (κ1) is 15.9. The summed E-state index contributed by atoms with van der Waals surface area (Å²) in [5.41, 5.74) is 2.65. The second-order valence-electron chi connectivity index (χ2n) is 4.83. The van der Waals surface area contributed by atoms with E-state index < -0.39 is 5.97 Å². The van der Waals surface area contributed by atoms with E-state index in [0.29, 0.717) is 28.1 Å². The van der Waals surface area contributed by atoms with Crippen LogP contribution >= 0.6 is 11.7 Å². The van der Waals surface area contributed by atoms with Crippen molar-refractivity contribution in [1.29, 1.82) is 0 Å². The van der Waals surface area contributed by atoms with Crippen molar-refractivity contribution in [2.24, 2.45) is 0 Å². The molecule has 3 aromatic rings. The number of nitrogens with one attached hydrogen (secondary N) is 1. The van der Waals surface area contributed by atoms with Crippen molar-refractivity contribution in [3.63, 3.8) is 0 Å². The van der Waals surface area contributed by atoms with E-state index in [0.717, 1.165) is 17.2 Å². The number of carbonyl (C=O) groups is 2. The van der Waals surface area contributed by atoms with E-state index in [1.54, 1.807) is 30.3 Å². The molecule has 0 aliphatic rings. The molecule has 0 saturated heterocycles. The van der Waals surface area contributed by atoms with Crippen LogP contribution in [0.15, 0.2) is 36.4 Å².